The Morgan fingerprint density at radius 2 is 2.15 bits per heavy atom. The third-order valence-electron chi connectivity index (χ3n) is 4.60. The second kappa shape index (κ2) is 8.04. The van der Waals surface area contributed by atoms with E-state index in [4.69, 9.17) is 4.74 Å². The van der Waals surface area contributed by atoms with Crippen molar-refractivity contribution < 1.29 is 22.7 Å². The minimum Gasteiger partial charge on any atom is -0.375 e. The van der Waals surface area contributed by atoms with Crippen LogP contribution >= 0.6 is 0 Å². The van der Waals surface area contributed by atoms with Crippen molar-refractivity contribution in [2.24, 2.45) is 0 Å². The molecule has 1 aromatic heterocycles. The molecule has 0 unspecified atom stereocenters. The molecular weight excluding hydrogens is 359 g/mol. The van der Waals surface area contributed by atoms with Crippen LogP contribution in [0, 0.1) is 0 Å². The Morgan fingerprint density at radius 3 is 2.89 bits per heavy atom. The normalized spacial score (nSPS) is 17.8. The number of aromatic nitrogens is 2. The van der Waals surface area contributed by atoms with Crippen molar-refractivity contribution >= 4 is 5.91 Å². The topological polar surface area (TPSA) is 55.3 Å². The summed E-state index contributed by atoms with van der Waals surface area (Å²) in [7, 11) is 1.48. The van der Waals surface area contributed by atoms with Crippen LogP contribution in [0.4, 0.5) is 13.2 Å². The van der Waals surface area contributed by atoms with Crippen LogP contribution in [0.1, 0.15) is 30.0 Å². The first-order valence-corrected chi connectivity index (χ1v) is 8.65. The fourth-order valence-electron chi connectivity index (χ4n) is 3.23. The van der Waals surface area contributed by atoms with Gasteiger partial charge in [0.2, 0.25) is 5.91 Å². The number of carbonyl (C=O) groups excluding carboxylic acids is 1. The standard InChI is InChI=1S/C19H20F3N3O2/c1-27-12-18(26)25-7-3-5-14(11-25)17-10-23-9-16(24-17)13-4-2-6-15(8-13)19(20,21)22/h2,4,6,8-10,14H,3,5,7,11-12H2,1H3/t14-/m0/s1. The lowest BCUT2D eigenvalue weighted by Gasteiger charge is -2.32. The number of alkyl halides is 3. The van der Waals surface area contributed by atoms with Gasteiger partial charge in [-0.2, -0.15) is 13.2 Å². The molecule has 0 spiro atoms. The number of nitrogens with zero attached hydrogens (tertiary/aromatic N) is 3. The highest BCUT2D eigenvalue weighted by Gasteiger charge is 2.31. The lowest BCUT2D eigenvalue weighted by atomic mass is 9.94. The van der Waals surface area contributed by atoms with Crippen LogP contribution < -0.4 is 0 Å². The molecule has 1 amide bonds. The van der Waals surface area contributed by atoms with Gasteiger partial charge in [-0.25, -0.2) is 4.98 Å². The number of ether oxygens (including phenoxy) is 1. The van der Waals surface area contributed by atoms with Crippen molar-refractivity contribution in [2.75, 3.05) is 26.8 Å². The summed E-state index contributed by atoms with van der Waals surface area (Å²) in [6.07, 6.45) is 0.335. The van der Waals surface area contributed by atoms with E-state index >= 15 is 0 Å². The van der Waals surface area contributed by atoms with Gasteiger partial charge >= 0.3 is 6.18 Å². The summed E-state index contributed by atoms with van der Waals surface area (Å²) >= 11 is 0. The summed E-state index contributed by atoms with van der Waals surface area (Å²) in [5, 5.41) is 0. The van der Waals surface area contributed by atoms with Crippen LogP contribution in [0.3, 0.4) is 0 Å². The Labute approximate surface area is 155 Å². The van der Waals surface area contributed by atoms with Crippen LogP contribution in [0.5, 0.6) is 0 Å². The molecule has 0 saturated carbocycles. The average molecular weight is 379 g/mol. The molecule has 1 aromatic carbocycles. The number of amides is 1. The molecule has 1 aliphatic rings. The van der Waals surface area contributed by atoms with Gasteiger partial charge in [-0.15, -0.1) is 0 Å². The molecular formula is C19H20F3N3O2. The zero-order valence-electron chi connectivity index (χ0n) is 14.9. The fourth-order valence-corrected chi connectivity index (χ4v) is 3.23. The fraction of sp³-hybridized carbons (Fsp3) is 0.421. The van der Waals surface area contributed by atoms with E-state index in [1.165, 1.54) is 19.4 Å². The number of benzene rings is 1. The number of hydrogen-bond donors (Lipinski definition) is 0. The van der Waals surface area contributed by atoms with Gasteiger partial charge in [0.05, 0.1) is 23.1 Å². The highest BCUT2D eigenvalue weighted by Crippen LogP contribution is 2.32. The third kappa shape index (κ3) is 4.63. The van der Waals surface area contributed by atoms with Gasteiger partial charge in [0, 0.05) is 37.9 Å². The predicted octanol–water partition coefficient (Wildman–Crippen LogP) is 3.51. The maximum Gasteiger partial charge on any atom is 0.416 e. The maximum absolute atomic E-state index is 13.0. The molecule has 1 fully saturated rings. The van der Waals surface area contributed by atoms with E-state index < -0.39 is 11.7 Å². The van der Waals surface area contributed by atoms with Crippen LogP contribution in [-0.2, 0) is 15.7 Å². The number of piperidine rings is 1. The number of methoxy groups -OCH3 is 1. The smallest absolute Gasteiger partial charge is 0.375 e. The number of likely N-dealkylation sites (tertiary alicyclic amines) is 1. The van der Waals surface area contributed by atoms with Gasteiger partial charge < -0.3 is 9.64 Å². The molecule has 2 heterocycles. The molecule has 3 rings (SSSR count). The Hall–Kier alpha value is -2.48. The van der Waals surface area contributed by atoms with E-state index in [0.29, 0.717) is 30.0 Å². The van der Waals surface area contributed by atoms with E-state index in [1.807, 2.05) is 0 Å². The minimum atomic E-state index is -4.41. The molecule has 1 aliphatic heterocycles. The first kappa shape index (κ1) is 19.3. The van der Waals surface area contributed by atoms with Gasteiger partial charge in [-0.05, 0) is 25.0 Å². The molecule has 0 aliphatic carbocycles. The monoisotopic (exact) mass is 379 g/mol. The van der Waals surface area contributed by atoms with Crippen molar-refractivity contribution in [3.05, 3.63) is 47.9 Å². The van der Waals surface area contributed by atoms with E-state index in [-0.39, 0.29) is 18.4 Å². The minimum absolute atomic E-state index is 0.00203. The summed E-state index contributed by atoms with van der Waals surface area (Å²) in [4.78, 5) is 22.5. The SMILES string of the molecule is COCC(=O)N1CCC[C@H](c2cncc(-c3cccc(C(F)(F)F)c3)n2)C1. The van der Waals surface area contributed by atoms with Gasteiger partial charge in [0.25, 0.3) is 0 Å². The lowest BCUT2D eigenvalue weighted by molar-refractivity contribution is -0.137. The third-order valence-corrected chi connectivity index (χ3v) is 4.60. The second-order valence-electron chi connectivity index (χ2n) is 6.52. The summed E-state index contributed by atoms with van der Waals surface area (Å²) < 4.78 is 43.8. The molecule has 0 N–H and O–H groups in total. The Kier molecular flexibility index (Phi) is 5.74. The van der Waals surface area contributed by atoms with E-state index in [0.717, 1.165) is 25.0 Å². The molecule has 0 radical (unpaired) electrons. The first-order valence-electron chi connectivity index (χ1n) is 8.65. The van der Waals surface area contributed by atoms with Gasteiger partial charge in [0.15, 0.2) is 0 Å². The van der Waals surface area contributed by atoms with Crippen molar-refractivity contribution in [1.82, 2.24) is 14.9 Å². The van der Waals surface area contributed by atoms with Gasteiger partial charge in [-0.1, -0.05) is 12.1 Å². The highest BCUT2D eigenvalue weighted by molar-refractivity contribution is 5.77. The molecule has 144 valence electrons. The molecule has 8 heteroatoms. The number of hydrogen-bond acceptors (Lipinski definition) is 4. The number of carbonyl (C=O) groups is 1. The zero-order valence-corrected chi connectivity index (χ0v) is 14.9. The van der Waals surface area contributed by atoms with Gasteiger partial charge in [0.1, 0.15) is 6.61 Å². The van der Waals surface area contributed by atoms with E-state index in [9.17, 15) is 18.0 Å². The molecule has 2 aromatic rings. The molecule has 5 nitrogen and oxygen atoms in total. The second-order valence-corrected chi connectivity index (χ2v) is 6.52. The summed E-state index contributed by atoms with van der Waals surface area (Å²) in [5.41, 5.74) is 0.710. The van der Waals surface area contributed by atoms with Crippen LogP contribution in [-0.4, -0.2) is 47.6 Å². The Morgan fingerprint density at radius 1 is 1.33 bits per heavy atom. The number of rotatable bonds is 4. The van der Waals surface area contributed by atoms with E-state index in [2.05, 4.69) is 9.97 Å². The lowest BCUT2D eigenvalue weighted by Crippen LogP contribution is -2.41. The maximum atomic E-state index is 13.0. The number of halogens is 3. The molecule has 1 saturated heterocycles. The molecule has 1 atom stereocenters. The Bertz CT molecular complexity index is 811. The van der Waals surface area contributed by atoms with Crippen molar-refractivity contribution in [3.63, 3.8) is 0 Å². The van der Waals surface area contributed by atoms with Crippen LogP contribution in [0.2, 0.25) is 0 Å². The largest absolute Gasteiger partial charge is 0.416 e. The molecule has 27 heavy (non-hydrogen) atoms. The summed E-state index contributed by atoms with van der Waals surface area (Å²) in [6, 6.07) is 5.04. The van der Waals surface area contributed by atoms with Crippen molar-refractivity contribution in [3.8, 4) is 11.3 Å². The van der Waals surface area contributed by atoms with Crippen molar-refractivity contribution in [2.45, 2.75) is 24.9 Å². The molecule has 0 bridgehead atoms. The zero-order chi connectivity index (χ0) is 19.4. The highest BCUT2D eigenvalue weighted by atomic mass is 19.4. The first-order chi connectivity index (χ1) is 12.9. The quantitative estimate of drug-likeness (QED) is 0.816. The van der Waals surface area contributed by atoms with Crippen molar-refractivity contribution in [1.29, 1.82) is 0 Å². The van der Waals surface area contributed by atoms with Crippen LogP contribution in [0.25, 0.3) is 11.3 Å². The Balaban J connectivity index is 1.83. The summed E-state index contributed by atoms with van der Waals surface area (Å²) in [6.45, 7) is 1.20. The van der Waals surface area contributed by atoms with E-state index in [1.54, 1.807) is 17.2 Å². The predicted molar refractivity (Wildman–Crippen MR) is 92.9 cm³/mol. The van der Waals surface area contributed by atoms with Gasteiger partial charge in [-0.3, -0.25) is 9.78 Å². The average Bonchev–Trinajstić information content (AvgIpc) is 2.68. The van der Waals surface area contributed by atoms with Crippen LogP contribution in [0.15, 0.2) is 36.7 Å². The summed E-state index contributed by atoms with van der Waals surface area (Å²) in [5.74, 6) is -0.0815.